The number of amides is 2. The van der Waals surface area contributed by atoms with Gasteiger partial charge < -0.3 is 15.1 Å². The number of carbonyl (C=O) groups is 2. The topological polar surface area (TPSA) is 91.3 Å². The van der Waals surface area contributed by atoms with E-state index in [1.165, 1.54) is 0 Å². The minimum absolute atomic E-state index is 0.0245. The molecule has 0 radical (unpaired) electrons. The lowest BCUT2D eigenvalue weighted by atomic mass is 9.96. The molecular formula is C20H24N6O2. The van der Waals surface area contributed by atoms with Crippen molar-refractivity contribution in [1.29, 1.82) is 0 Å². The Bertz CT molecular complexity index is 889. The molecule has 28 heavy (non-hydrogen) atoms. The van der Waals surface area contributed by atoms with Crippen LogP contribution >= 0.6 is 0 Å². The number of piperidine rings is 1. The predicted molar refractivity (Wildman–Crippen MR) is 104 cm³/mol. The first-order chi connectivity index (χ1) is 13.5. The van der Waals surface area contributed by atoms with Gasteiger partial charge in [0, 0.05) is 45.4 Å². The average Bonchev–Trinajstić information content (AvgIpc) is 2.73. The molecule has 1 saturated heterocycles. The smallest absolute Gasteiger partial charge is 0.227 e. The van der Waals surface area contributed by atoms with E-state index in [0.717, 1.165) is 23.5 Å². The Balaban J connectivity index is 1.62. The lowest BCUT2D eigenvalue weighted by molar-refractivity contribution is -0.138. The van der Waals surface area contributed by atoms with Crippen molar-refractivity contribution >= 4 is 17.6 Å². The Labute approximate surface area is 164 Å². The number of hydrogen-bond donors (Lipinski definition) is 1. The van der Waals surface area contributed by atoms with Crippen molar-refractivity contribution in [2.75, 3.05) is 32.1 Å². The first-order valence-electron chi connectivity index (χ1n) is 9.57. The molecule has 8 nitrogen and oxygen atoms in total. The van der Waals surface area contributed by atoms with E-state index >= 15 is 0 Å². The molecule has 2 aliphatic heterocycles. The lowest BCUT2D eigenvalue weighted by Gasteiger charge is -2.34. The second kappa shape index (κ2) is 7.53. The molecule has 0 aliphatic carbocycles. The summed E-state index contributed by atoms with van der Waals surface area (Å²) >= 11 is 0. The summed E-state index contributed by atoms with van der Waals surface area (Å²) in [5.74, 6) is 1.42. The Hall–Kier alpha value is -3.03. The van der Waals surface area contributed by atoms with Gasteiger partial charge in [-0.05, 0) is 25.0 Å². The van der Waals surface area contributed by atoms with Gasteiger partial charge in [0.05, 0.1) is 18.2 Å². The zero-order valence-electron chi connectivity index (χ0n) is 16.2. The fourth-order valence-electron chi connectivity index (χ4n) is 3.78. The van der Waals surface area contributed by atoms with Crippen LogP contribution in [0.1, 0.15) is 24.1 Å². The van der Waals surface area contributed by atoms with Crippen LogP contribution in [0, 0.1) is 5.92 Å². The maximum atomic E-state index is 13.0. The summed E-state index contributed by atoms with van der Waals surface area (Å²) in [7, 11) is 3.93. The molecule has 2 aromatic rings. The quantitative estimate of drug-likeness (QED) is 0.855. The summed E-state index contributed by atoms with van der Waals surface area (Å²) in [6.07, 6.45) is 3.47. The summed E-state index contributed by atoms with van der Waals surface area (Å²) in [6.45, 7) is 1.53. The molecule has 2 amide bonds. The van der Waals surface area contributed by atoms with Crippen LogP contribution in [0.5, 0.6) is 0 Å². The van der Waals surface area contributed by atoms with Crippen LogP contribution < -0.4 is 10.2 Å². The molecule has 146 valence electrons. The molecule has 0 bridgehead atoms. The van der Waals surface area contributed by atoms with E-state index in [9.17, 15) is 9.59 Å². The van der Waals surface area contributed by atoms with E-state index in [4.69, 9.17) is 9.97 Å². The molecule has 1 atom stereocenters. The van der Waals surface area contributed by atoms with Crippen LogP contribution in [-0.4, -0.2) is 58.9 Å². The molecule has 8 heteroatoms. The minimum atomic E-state index is -0.148. The van der Waals surface area contributed by atoms with Crippen molar-refractivity contribution < 1.29 is 9.59 Å². The number of rotatable bonds is 3. The highest BCUT2D eigenvalue weighted by atomic mass is 16.2. The van der Waals surface area contributed by atoms with Crippen molar-refractivity contribution in [3.05, 3.63) is 35.7 Å². The molecule has 0 spiro atoms. The fraction of sp³-hybridized carbons (Fsp3) is 0.450. The standard InChI is InChI=1S/C20H24N6O2/c1-25(2)19-14-8-10-26(20(28)13-6-7-17(27)22-11-13)12-16(14)23-18(24-19)15-5-3-4-9-21-15/h3-5,9,13H,6-8,10-12H2,1-2H3,(H,22,27)/t13-/m1/s1. The highest BCUT2D eigenvalue weighted by molar-refractivity contribution is 5.84. The van der Waals surface area contributed by atoms with Crippen LogP contribution in [0.15, 0.2) is 24.4 Å². The minimum Gasteiger partial charge on any atom is -0.362 e. The van der Waals surface area contributed by atoms with E-state index in [1.807, 2.05) is 42.1 Å². The maximum Gasteiger partial charge on any atom is 0.227 e. The molecule has 4 heterocycles. The van der Waals surface area contributed by atoms with E-state index in [-0.39, 0.29) is 17.7 Å². The van der Waals surface area contributed by atoms with Crippen molar-refractivity contribution in [2.45, 2.75) is 25.8 Å². The van der Waals surface area contributed by atoms with Crippen LogP contribution in [0.2, 0.25) is 0 Å². The Morgan fingerprint density at radius 3 is 2.79 bits per heavy atom. The Kier molecular flexibility index (Phi) is 4.93. The van der Waals surface area contributed by atoms with Crippen molar-refractivity contribution in [3.63, 3.8) is 0 Å². The number of hydrogen-bond acceptors (Lipinski definition) is 6. The molecular weight excluding hydrogens is 356 g/mol. The summed E-state index contributed by atoms with van der Waals surface area (Å²) < 4.78 is 0. The summed E-state index contributed by atoms with van der Waals surface area (Å²) in [5.41, 5.74) is 2.68. The first-order valence-corrected chi connectivity index (χ1v) is 9.57. The van der Waals surface area contributed by atoms with Crippen molar-refractivity contribution in [2.24, 2.45) is 5.92 Å². The maximum absolute atomic E-state index is 13.0. The van der Waals surface area contributed by atoms with Gasteiger partial charge >= 0.3 is 0 Å². The lowest BCUT2D eigenvalue weighted by Crippen LogP contribution is -2.46. The molecule has 1 N–H and O–H groups in total. The third-order valence-corrected chi connectivity index (χ3v) is 5.29. The summed E-state index contributed by atoms with van der Waals surface area (Å²) in [5, 5.41) is 2.80. The molecule has 1 fully saturated rings. The molecule has 0 saturated carbocycles. The van der Waals surface area contributed by atoms with Gasteiger partial charge in [-0.1, -0.05) is 6.07 Å². The number of anilines is 1. The van der Waals surface area contributed by atoms with Gasteiger partial charge in [-0.3, -0.25) is 14.6 Å². The van der Waals surface area contributed by atoms with Gasteiger partial charge in [-0.15, -0.1) is 0 Å². The average molecular weight is 380 g/mol. The number of fused-ring (bicyclic) bond motifs is 1. The molecule has 2 aromatic heterocycles. The van der Waals surface area contributed by atoms with Crippen LogP contribution in [0.4, 0.5) is 5.82 Å². The number of nitrogens with one attached hydrogen (secondary N) is 1. The van der Waals surface area contributed by atoms with Crippen molar-refractivity contribution in [1.82, 2.24) is 25.2 Å². The van der Waals surface area contributed by atoms with Gasteiger partial charge in [0.1, 0.15) is 11.5 Å². The molecule has 0 unspecified atom stereocenters. The first kappa shape index (κ1) is 18.3. The highest BCUT2D eigenvalue weighted by Gasteiger charge is 2.32. The number of nitrogens with zero attached hydrogens (tertiary/aromatic N) is 5. The monoisotopic (exact) mass is 380 g/mol. The number of aromatic nitrogens is 3. The molecule has 4 rings (SSSR count). The van der Waals surface area contributed by atoms with E-state index in [0.29, 0.717) is 44.0 Å². The SMILES string of the molecule is CN(C)c1nc(-c2ccccn2)nc2c1CCN(C(=O)[C@@H]1CCC(=O)NC1)C2. The third-order valence-electron chi connectivity index (χ3n) is 5.29. The summed E-state index contributed by atoms with van der Waals surface area (Å²) in [4.78, 5) is 42.0. The predicted octanol–water partition coefficient (Wildman–Crippen LogP) is 1.02. The van der Waals surface area contributed by atoms with E-state index in [2.05, 4.69) is 10.3 Å². The van der Waals surface area contributed by atoms with E-state index in [1.54, 1.807) is 6.20 Å². The van der Waals surface area contributed by atoms with Crippen molar-refractivity contribution in [3.8, 4) is 11.5 Å². The molecule has 0 aromatic carbocycles. The zero-order valence-corrected chi connectivity index (χ0v) is 16.2. The normalized spacial score (nSPS) is 19.0. The number of pyridine rings is 1. The van der Waals surface area contributed by atoms with Gasteiger partial charge in [0.25, 0.3) is 0 Å². The van der Waals surface area contributed by atoms with Crippen LogP contribution in [-0.2, 0) is 22.6 Å². The van der Waals surface area contributed by atoms with Crippen LogP contribution in [0.25, 0.3) is 11.5 Å². The largest absolute Gasteiger partial charge is 0.362 e. The van der Waals surface area contributed by atoms with Crippen LogP contribution in [0.3, 0.4) is 0 Å². The van der Waals surface area contributed by atoms with Gasteiger partial charge in [-0.2, -0.15) is 0 Å². The third kappa shape index (κ3) is 3.54. The van der Waals surface area contributed by atoms with Gasteiger partial charge in [-0.25, -0.2) is 9.97 Å². The van der Waals surface area contributed by atoms with Gasteiger partial charge in [0.2, 0.25) is 11.8 Å². The number of carbonyl (C=O) groups excluding carboxylic acids is 2. The summed E-state index contributed by atoms with van der Waals surface area (Å²) in [6, 6.07) is 5.66. The zero-order chi connectivity index (χ0) is 19.7. The fourth-order valence-corrected chi connectivity index (χ4v) is 3.78. The second-order valence-corrected chi connectivity index (χ2v) is 7.45. The molecule has 2 aliphatic rings. The Morgan fingerprint density at radius 1 is 1.25 bits per heavy atom. The highest BCUT2D eigenvalue weighted by Crippen LogP contribution is 2.29. The second-order valence-electron chi connectivity index (χ2n) is 7.45. The van der Waals surface area contributed by atoms with E-state index < -0.39 is 0 Å². The Morgan fingerprint density at radius 2 is 2.11 bits per heavy atom. The van der Waals surface area contributed by atoms with Gasteiger partial charge in [0.15, 0.2) is 5.82 Å².